The van der Waals surface area contributed by atoms with E-state index >= 15 is 0 Å². The molecule has 112 valence electrons. The van der Waals surface area contributed by atoms with E-state index in [0.29, 0.717) is 30.0 Å². The fraction of sp³-hybridized carbons (Fsp3) is 0.533. The van der Waals surface area contributed by atoms with Gasteiger partial charge in [-0.05, 0) is 24.1 Å². The Labute approximate surface area is 131 Å². The third kappa shape index (κ3) is 3.96. The standard InChI is InChI=1S/C15H22NO3.BrH/c1-5-11-8-14-15(19-7-6-18-14)9-12(11)13(17)10-16(2,3)4;/h8-9H,5-7,10H2,1-4H3;1H/q+1;/p-1. The van der Waals surface area contributed by atoms with Gasteiger partial charge in [0, 0.05) is 5.56 Å². The molecule has 0 radical (unpaired) electrons. The van der Waals surface area contributed by atoms with Gasteiger partial charge >= 0.3 is 0 Å². The highest BCUT2D eigenvalue weighted by Crippen LogP contribution is 2.33. The van der Waals surface area contributed by atoms with Gasteiger partial charge in [0.15, 0.2) is 11.5 Å². The second kappa shape index (κ2) is 6.59. The van der Waals surface area contributed by atoms with Crippen LogP contribution in [0, 0.1) is 0 Å². The molecule has 1 aromatic rings. The van der Waals surface area contributed by atoms with Crippen molar-refractivity contribution in [2.24, 2.45) is 0 Å². The smallest absolute Gasteiger partial charge is 0.217 e. The van der Waals surface area contributed by atoms with Crippen LogP contribution in [0.3, 0.4) is 0 Å². The number of carbonyl (C=O) groups excluding carboxylic acids is 1. The van der Waals surface area contributed by atoms with Gasteiger partial charge in [-0.15, -0.1) is 0 Å². The molecule has 0 aliphatic carbocycles. The van der Waals surface area contributed by atoms with E-state index in [-0.39, 0.29) is 22.8 Å². The highest BCUT2D eigenvalue weighted by Gasteiger charge is 2.22. The SMILES string of the molecule is CCc1cc2c(cc1C(=O)C[N+](C)(C)C)OCCO2.[Br-]. The van der Waals surface area contributed by atoms with Crippen molar-refractivity contribution in [3.8, 4) is 11.5 Å². The van der Waals surface area contributed by atoms with E-state index in [1.54, 1.807) is 0 Å². The number of halogens is 1. The topological polar surface area (TPSA) is 35.5 Å². The number of aryl methyl sites for hydroxylation is 1. The summed E-state index contributed by atoms with van der Waals surface area (Å²) in [5, 5.41) is 0. The summed E-state index contributed by atoms with van der Waals surface area (Å²) in [6.07, 6.45) is 0.814. The van der Waals surface area contributed by atoms with Crippen molar-refractivity contribution in [1.29, 1.82) is 0 Å². The second-order valence-electron chi connectivity index (χ2n) is 5.88. The summed E-state index contributed by atoms with van der Waals surface area (Å²) in [6, 6.07) is 3.78. The molecule has 1 aromatic carbocycles. The summed E-state index contributed by atoms with van der Waals surface area (Å²) in [6.45, 7) is 3.64. The number of likely N-dealkylation sites (N-methyl/N-ethyl adjacent to an activating group) is 1. The quantitative estimate of drug-likeness (QED) is 0.515. The van der Waals surface area contributed by atoms with E-state index in [0.717, 1.165) is 23.3 Å². The lowest BCUT2D eigenvalue weighted by Gasteiger charge is -2.24. The zero-order valence-corrected chi connectivity index (χ0v) is 14.1. The van der Waals surface area contributed by atoms with Gasteiger partial charge in [-0.3, -0.25) is 4.79 Å². The molecule has 0 amide bonds. The highest BCUT2D eigenvalue weighted by atomic mass is 79.9. The third-order valence-electron chi connectivity index (χ3n) is 3.07. The predicted molar refractivity (Wildman–Crippen MR) is 74.0 cm³/mol. The van der Waals surface area contributed by atoms with Gasteiger partial charge in [-0.1, -0.05) is 6.92 Å². The van der Waals surface area contributed by atoms with Crippen molar-refractivity contribution >= 4 is 5.78 Å². The van der Waals surface area contributed by atoms with Gasteiger partial charge in [0.05, 0.1) is 21.1 Å². The van der Waals surface area contributed by atoms with E-state index in [1.165, 1.54) is 0 Å². The van der Waals surface area contributed by atoms with Crippen LogP contribution in [0.4, 0.5) is 0 Å². The number of ketones is 1. The predicted octanol–water partition coefficient (Wildman–Crippen LogP) is -1.09. The molecular formula is C15H22BrNO3. The Bertz CT molecular complexity index is 495. The molecule has 1 aliphatic heterocycles. The maximum absolute atomic E-state index is 12.4. The van der Waals surface area contributed by atoms with Gasteiger partial charge in [-0.2, -0.15) is 0 Å². The monoisotopic (exact) mass is 343 g/mol. The summed E-state index contributed by atoms with van der Waals surface area (Å²) < 4.78 is 11.7. The molecule has 0 aromatic heterocycles. The lowest BCUT2D eigenvalue weighted by molar-refractivity contribution is -0.861. The fourth-order valence-corrected chi connectivity index (χ4v) is 2.20. The van der Waals surface area contributed by atoms with E-state index < -0.39 is 0 Å². The van der Waals surface area contributed by atoms with Gasteiger partial charge in [-0.25, -0.2) is 0 Å². The Morgan fingerprint density at radius 2 is 1.70 bits per heavy atom. The first-order valence-corrected chi connectivity index (χ1v) is 6.67. The molecular weight excluding hydrogens is 322 g/mol. The number of Topliss-reactive ketones (excluding diaryl/α,β-unsaturated/α-hetero) is 1. The molecule has 0 spiro atoms. The molecule has 4 nitrogen and oxygen atoms in total. The fourth-order valence-electron chi connectivity index (χ4n) is 2.20. The Morgan fingerprint density at radius 1 is 1.15 bits per heavy atom. The molecule has 1 aliphatic rings. The third-order valence-corrected chi connectivity index (χ3v) is 3.07. The summed E-state index contributed by atoms with van der Waals surface area (Å²) in [5.41, 5.74) is 1.79. The Kier molecular flexibility index (Phi) is 5.59. The van der Waals surface area contributed by atoms with Crippen LogP contribution in [0.25, 0.3) is 0 Å². The highest BCUT2D eigenvalue weighted by molar-refractivity contribution is 5.99. The summed E-state index contributed by atoms with van der Waals surface area (Å²) in [4.78, 5) is 12.4. The number of fused-ring (bicyclic) bond motifs is 1. The zero-order valence-electron chi connectivity index (χ0n) is 12.5. The van der Waals surface area contributed by atoms with Crippen LogP contribution in [0.2, 0.25) is 0 Å². The van der Waals surface area contributed by atoms with E-state index in [2.05, 4.69) is 0 Å². The van der Waals surface area contributed by atoms with Crippen molar-refractivity contribution in [2.45, 2.75) is 13.3 Å². The summed E-state index contributed by atoms with van der Waals surface area (Å²) >= 11 is 0. The molecule has 0 bridgehead atoms. The number of benzene rings is 1. The average molecular weight is 344 g/mol. The number of carbonyl (C=O) groups is 1. The first-order chi connectivity index (χ1) is 8.90. The minimum Gasteiger partial charge on any atom is -1.00 e. The van der Waals surface area contributed by atoms with Crippen LogP contribution in [0.5, 0.6) is 11.5 Å². The molecule has 0 fully saturated rings. The Hall–Kier alpha value is -1.07. The van der Waals surface area contributed by atoms with Crippen molar-refractivity contribution in [3.05, 3.63) is 23.3 Å². The minimum atomic E-state index is 0. The molecule has 0 saturated carbocycles. The molecule has 0 saturated heterocycles. The van der Waals surface area contributed by atoms with Gasteiger partial charge < -0.3 is 30.9 Å². The summed E-state index contributed by atoms with van der Waals surface area (Å²) in [5.74, 6) is 1.60. The number of rotatable bonds is 4. The Morgan fingerprint density at radius 3 is 2.20 bits per heavy atom. The number of hydrogen-bond acceptors (Lipinski definition) is 3. The lowest BCUT2D eigenvalue weighted by atomic mass is 9.99. The maximum atomic E-state index is 12.4. The largest absolute Gasteiger partial charge is 1.00 e. The molecule has 1 heterocycles. The van der Waals surface area contributed by atoms with Gasteiger partial charge in [0.1, 0.15) is 19.8 Å². The molecule has 0 unspecified atom stereocenters. The van der Waals surface area contributed by atoms with Crippen molar-refractivity contribution in [1.82, 2.24) is 0 Å². The van der Waals surface area contributed by atoms with Crippen LogP contribution >= 0.6 is 0 Å². The first-order valence-electron chi connectivity index (χ1n) is 6.67. The van der Waals surface area contributed by atoms with Gasteiger partial charge in [0.2, 0.25) is 5.78 Å². The van der Waals surface area contributed by atoms with E-state index in [4.69, 9.17) is 9.47 Å². The molecule has 0 N–H and O–H groups in total. The van der Waals surface area contributed by atoms with Crippen LogP contribution in [-0.4, -0.2) is 51.2 Å². The van der Waals surface area contributed by atoms with Crippen LogP contribution in [-0.2, 0) is 6.42 Å². The van der Waals surface area contributed by atoms with E-state index in [9.17, 15) is 4.79 Å². The maximum Gasteiger partial charge on any atom is 0.217 e. The lowest BCUT2D eigenvalue weighted by Crippen LogP contribution is -3.00. The van der Waals surface area contributed by atoms with Crippen molar-refractivity contribution < 1.29 is 35.7 Å². The Balaban J connectivity index is 0.00000200. The summed E-state index contributed by atoms with van der Waals surface area (Å²) in [7, 11) is 6.05. The number of nitrogens with zero attached hydrogens (tertiary/aromatic N) is 1. The van der Waals surface area contributed by atoms with Crippen LogP contribution < -0.4 is 26.5 Å². The van der Waals surface area contributed by atoms with Crippen molar-refractivity contribution in [2.75, 3.05) is 40.9 Å². The molecule has 2 rings (SSSR count). The van der Waals surface area contributed by atoms with E-state index in [1.807, 2.05) is 40.2 Å². The van der Waals surface area contributed by atoms with Crippen LogP contribution in [0.1, 0.15) is 22.8 Å². The van der Waals surface area contributed by atoms with Gasteiger partial charge in [0.25, 0.3) is 0 Å². The molecule has 20 heavy (non-hydrogen) atoms. The normalized spacial score (nSPS) is 13.6. The number of ether oxygens (including phenoxy) is 2. The first kappa shape index (κ1) is 17.0. The minimum absolute atomic E-state index is 0. The van der Waals surface area contributed by atoms with Crippen LogP contribution in [0.15, 0.2) is 12.1 Å². The number of quaternary nitrogens is 1. The average Bonchev–Trinajstić information content (AvgIpc) is 2.35. The molecule has 5 heteroatoms. The zero-order chi connectivity index (χ0) is 14.0. The second-order valence-corrected chi connectivity index (χ2v) is 5.88. The van der Waals surface area contributed by atoms with Crippen molar-refractivity contribution in [3.63, 3.8) is 0 Å². The number of hydrogen-bond donors (Lipinski definition) is 0. The molecule has 0 atom stereocenters.